The van der Waals surface area contributed by atoms with Gasteiger partial charge in [-0.3, -0.25) is 9.59 Å². The Morgan fingerprint density at radius 1 is 1.22 bits per heavy atom. The van der Waals surface area contributed by atoms with Crippen LogP contribution < -0.4 is 0 Å². The molecule has 0 unspecified atom stereocenters. The van der Waals surface area contributed by atoms with E-state index in [4.69, 9.17) is 9.84 Å². The number of Topliss-reactive ketones (excluding diaryl/α,β-unsaturated/α-hetero) is 2. The Morgan fingerprint density at radius 3 is 2.65 bits per heavy atom. The van der Waals surface area contributed by atoms with Crippen molar-refractivity contribution in [3.05, 3.63) is 11.3 Å². The summed E-state index contributed by atoms with van der Waals surface area (Å²) < 4.78 is 5.72. The number of ketones is 2. The fourth-order valence-corrected chi connectivity index (χ4v) is 3.01. The molecule has 0 saturated carbocycles. The number of carbonyl (C=O) groups excluding carboxylic acids is 2. The summed E-state index contributed by atoms with van der Waals surface area (Å²) in [6.07, 6.45) is 1.11. The van der Waals surface area contributed by atoms with E-state index in [1.807, 2.05) is 0 Å². The molecular formula is C16H22O7. The highest BCUT2D eigenvalue weighted by molar-refractivity contribution is 6.32. The van der Waals surface area contributed by atoms with Crippen LogP contribution in [0.15, 0.2) is 11.3 Å². The number of hydrogen-bond acceptors (Lipinski definition) is 6. The van der Waals surface area contributed by atoms with Crippen molar-refractivity contribution in [2.45, 2.75) is 69.7 Å². The molecule has 0 radical (unpaired) electrons. The van der Waals surface area contributed by atoms with E-state index in [9.17, 15) is 24.6 Å². The lowest BCUT2D eigenvalue weighted by Gasteiger charge is -2.34. The topological polar surface area (TPSA) is 121 Å². The first-order chi connectivity index (χ1) is 10.9. The Bertz CT molecular complexity index is 523. The van der Waals surface area contributed by atoms with Crippen LogP contribution in [-0.2, 0) is 19.1 Å². The largest absolute Gasteiger partial charge is 0.492 e. The smallest absolute Gasteiger partial charge is 0.372 e. The number of ether oxygens (including phenoxy) is 1. The molecule has 0 bridgehead atoms. The quantitative estimate of drug-likeness (QED) is 0.465. The molecule has 0 aromatic carbocycles. The number of allylic oxidation sites excluding steroid dienone is 1. The molecule has 3 N–H and O–H groups in total. The van der Waals surface area contributed by atoms with Gasteiger partial charge in [-0.1, -0.05) is 6.42 Å². The SMILES string of the molecule is O=C(O)C(=O)CCCC[C@@H](O)[C@@H]1CCC2=C(CC[C@H](O)C2=O)O1. The maximum absolute atomic E-state index is 11.8. The van der Waals surface area contributed by atoms with E-state index in [2.05, 4.69) is 0 Å². The minimum atomic E-state index is -1.43. The fraction of sp³-hybridized carbons (Fsp3) is 0.688. The van der Waals surface area contributed by atoms with E-state index in [0.717, 1.165) is 0 Å². The molecular weight excluding hydrogens is 304 g/mol. The lowest BCUT2D eigenvalue weighted by Crippen LogP contribution is -2.37. The second kappa shape index (κ2) is 7.70. The Kier molecular flexibility index (Phi) is 5.90. The maximum Gasteiger partial charge on any atom is 0.372 e. The minimum Gasteiger partial charge on any atom is -0.492 e. The fourth-order valence-electron chi connectivity index (χ4n) is 3.01. The zero-order chi connectivity index (χ0) is 17.0. The van der Waals surface area contributed by atoms with E-state index in [-0.39, 0.29) is 12.2 Å². The number of rotatable bonds is 7. The van der Waals surface area contributed by atoms with Crippen LogP contribution in [0.3, 0.4) is 0 Å². The molecule has 128 valence electrons. The Morgan fingerprint density at radius 2 is 1.96 bits per heavy atom. The summed E-state index contributed by atoms with van der Waals surface area (Å²) in [5, 5.41) is 28.2. The van der Waals surface area contributed by atoms with Crippen molar-refractivity contribution >= 4 is 17.5 Å². The van der Waals surface area contributed by atoms with E-state index in [1.165, 1.54) is 0 Å². The number of hydrogen-bond donors (Lipinski definition) is 3. The normalized spacial score (nSPS) is 25.6. The van der Waals surface area contributed by atoms with Crippen LogP contribution in [0.5, 0.6) is 0 Å². The van der Waals surface area contributed by atoms with Crippen molar-refractivity contribution in [1.29, 1.82) is 0 Å². The predicted octanol–water partition coefficient (Wildman–Crippen LogP) is 0.718. The summed E-state index contributed by atoms with van der Waals surface area (Å²) in [7, 11) is 0. The van der Waals surface area contributed by atoms with Gasteiger partial charge in [-0.15, -0.1) is 0 Å². The van der Waals surface area contributed by atoms with Crippen LogP contribution in [0.4, 0.5) is 0 Å². The summed E-state index contributed by atoms with van der Waals surface area (Å²) in [5.41, 5.74) is 0.541. The highest BCUT2D eigenvalue weighted by atomic mass is 16.5. The summed E-state index contributed by atoms with van der Waals surface area (Å²) in [5.74, 6) is -1.93. The first-order valence-corrected chi connectivity index (χ1v) is 7.95. The standard InChI is InChI=1S/C16H22O7/c17-10(3-1-2-4-12(19)16(21)22)14-7-5-9-13(23-14)8-6-11(18)15(9)20/h10-11,14,17-18H,1-8H2,(H,21,22)/t10-,11+,14+/m1/s1. The Balaban J connectivity index is 1.78. The molecule has 0 fully saturated rings. The minimum absolute atomic E-state index is 0.0325. The molecule has 1 heterocycles. The van der Waals surface area contributed by atoms with Crippen LogP contribution in [0.1, 0.15) is 51.4 Å². The van der Waals surface area contributed by atoms with Crippen molar-refractivity contribution in [3.63, 3.8) is 0 Å². The predicted molar refractivity (Wildman–Crippen MR) is 78.5 cm³/mol. The van der Waals surface area contributed by atoms with Crippen molar-refractivity contribution < 1.29 is 34.4 Å². The van der Waals surface area contributed by atoms with E-state index in [1.54, 1.807) is 0 Å². The molecule has 3 atom stereocenters. The Labute approximate surface area is 133 Å². The molecule has 7 heteroatoms. The second-order valence-electron chi connectivity index (χ2n) is 6.06. The van der Waals surface area contributed by atoms with Gasteiger partial charge >= 0.3 is 5.97 Å². The molecule has 0 aromatic rings. The summed E-state index contributed by atoms with van der Waals surface area (Å²) in [4.78, 5) is 33.2. The van der Waals surface area contributed by atoms with Crippen LogP contribution in [0.2, 0.25) is 0 Å². The van der Waals surface area contributed by atoms with Crippen LogP contribution in [-0.4, -0.2) is 51.2 Å². The molecule has 7 nitrogen and oxygen atoms in total. The average Bonchev–Trinajstić information content (AvgIpc) is 2.54. The van der Waals surface area contributed by atoms with Crippen LogP contribution >= 0.6 is 0 Å². The highest BCUT2D eigenvalue weighted by Crippen LogP contribution is 2.34. The molecule has 2 rings (SSSR count). The van der Waals surface area contributed by atoms with Gasteiger partial charge in [0.2, 0.25) is 5.78 Å². The maximum atomic E-state index is 11.8. The second-order valence-corrected chi connectivity index (χ2v) is 6.06. The Hall–Kier alpha value is -1.73. The third kappa shape index (κ3) is 4.39. The first-order valence-electron chi connectivity index (χ1n) is 7.95. The number of carboxylic acids is 1. The number of aliphatic hydroxyl groups is 2. The van der Waals surface area contributed by atoms with Gasteiger partial charge in [0.05, 0.1) is 6.10 Å². The van der Waals surface area contributed by atoms with Gasteiger partial charge < -0.3 is 20.1 Å². The molecule has 1 aliphatic heterocycles. The zero-order valence-corrected chi connectivity index (χ0v) is 12.9. The van der Waals surface area contributed by atoms with Gasteiger partial charge in [0, 0.05) is 18.4 Å². The van der Waals surface area contributed by atoms with Gasteiger partial charge in [-0.25, -0.2) is 4.79 Å². The number of aliphatic carboxylic acids is 1. The van der Waals surface area contributed by atoms with Gasteiger partial charge in [-0.05, 0) is 32.1 Å². The third-order valence-corrected chi connectivity index (χ3v) is 4.38. The number of aliphatic hydroxyl groups excluding tert-OH is 2. The number of unbranched alkanes of at least 4 members (excludes halogenated alkanes) is 1. The highest BCUT2D eigenvalue weighted by Gasteiger charge is 2.35. The van der Waals surface area contributed by atoms with Gasteiger partial charge in [-0.2, -0.15) is 0 Å². The zero-order valence-electron chi connectivity index (χ0n) is 12.9. The van der Waals surface area contributed by atoms with E-state index < -0.39 is 30.1 Å². The van der Waals surface area contributed by atoms with Crippen molar-refractivity contribution in [1.82, 2.24) is 0 Å². The number of carbonyl (C=O) groups is 3. The summed E-state index contributed by atoms with van der Waals surface area (Å²) >= 11 is 0. The molecule has 1 aliphatic carbocycles. The average molecular weight is 326 g/mol. The summed E-state index contributed by atoms with van der Waals surface area (Å²) in [6.45, 7) is 0. The van der Waals surface area contributed by atoms with Crippen LogP contribution in [0, 0.1) is 0 Å². The lowest BCUT2D eigenvalue weighted by molar-refractivity contribution is -0.149. The van der Waals surface area contributed by atoms with Gasteiger partial charge in [0.15, 0.2) is 5.78 Å². The molecule has 0 aromatic heterocycles. The number of carboxylic acid groups (broad SMARTS) is 1. The molecule has 0 amide bonds. The molecule has 0 spiro atoms. The van der Waals surface area contributed by atoms with Crippen molar-refractivity contribution in [2.75, 3.05) is 0 Å². The van der Waals surface area contributed by atoms with Gasteiger partial charge in [0.25, 0.3) is 0 Å². The molecule has 2 aliphatic rings. The van der Waals surface area contributed by atoms with Gasteiger partial charge in [0.1, 0.15) is 18.0 Å². The monoisotopic (exact) mass is 326 g/mol. The van der Waals surface area contributed by atoms with Crippen molar-refractivity contribution in [3.8, 4) is 0 Å². The van der Waals surface area contributed by atoms with E-state index >= 15 is 0 Å². The molecule has 23 heavy (non-hydrogen) atoms. The first kappa shape index (κ1) is 17.6. The third-order valence-electron chi connectivity index (χ3n) is 4.38. The van der Waals surface area contributed by atoms with Crippen LogP contribution in [0.25, 0.3) is 0 Å². The van der Waals surface area contributed by atoms with Crippen molar-refractivity contribution in [2.24, 2.45) is 0 Å². The lowest BCUT2D eigenvalue weighted by atomic mass is 9.87. The van der Waals surface area contributed by atoms with E-state index in [0.29, 0.717) is 56.3 Å². The summed E-state index contributed by atoms with van der Waals surface area (Å²) in [6, 6.07) is 0. The molecule has 0 saturated heterocycles.